The Bertz CT molecular complexity index is 845. The van der Waals surface area contributed by atoms with Crippen molar-refractivity contribution in [2.24, 2.45) is 5.41 Å². The molecule has 25 heavy (non-hydrogen) atoms. The lowest BCUT2D eigenvalue weighted by Crippen LogP contribution is -2.46. The van der Waals surface area contributed by atoms with Crippen LogP contribution in [0.25, 0.3) is 0 Å². The van der Waals surface area contributed by atoms with Crippen LogP contribution in [0.1, 0.15) is 22.9 Å². The van der Waals surface area contributed by atoms with E-state index in [0.717, 1.165) is 5.56 Å². The van der Waals surface area contributed by atoms with Crippen molar-refractivity contribution in [3.8, 4) is 5.75 Å². The second-order valence-electron chi connectivity index (χ2n) is 6.73. The highest BCUT2D eigenvalue weighted by atomic mass is 16.5. The topological polar surface area (TPSA) is 92.9 Å². The van der Waals surface area contributed by atoms with Crippen LogP contribution in [-0.2, 0) is 16.0 Å². The number of fused-ring (bicyclic) bond motifs is 3. The summed E-state index contributed by atoms with van der Waals surface area (Å²) >= 11 is 0. The van der Waals surface area contributed by atoms with Gasteiger partial charge in [0.1, 0.15) is 23.5 Å². The van der Waals surface area contributed by atoms with E-state index in [1.165, 1.54) is 0 Å². The van der Waals surface area contributed by atoms with E-state index in [-0.39, 0.29) is 31.4 Å². The quantitative estimate of drug-likeness (QED) is 0.911. The highest BCUT2D eigenvalue weighted by Crippen LogP contribution is 2.49. The molecule has 0 spiro atoms. The summed E-state index contributed by atoms with van der Waals surface area (Å²) in [7, 11) is 0. The number of carbonyl (C=O) groups excluding carboxylic acids is 1. The van der Waals surface area contributed by atoms with Crippen molar-refractivity contribution in [3.63, 3.8) is 0 Å². The second kappa shape index (κ2) is 5.61. The van der Waals surface area contributed by atoms with Crippen LogP contribution in [0.5, 0.6) is 5.75 Å². The SMILES string of the molecule is Cc1cc(CC(=O)N2C[C@@H]3c4ccccc4OC[C@]3(C(=O)O)C2)on1. The Morgan fingerprint density at radius 2 is 2.20 bits per heavy atom. The van der Waals surface area contributed by atoms with Crippen LogP contribution in [0, 0.1) is 12.3 Å². The standard InChI is InChI=1S/C18H18N2O5/c1-11-6-12(25-19-11)7-16(21)20-8-14-13-4-2-3-5-15(13)24-10-18(14,9-20)17(22)23/h2-6,14H,7-10H2,1H3,(H,22,23)/t14-,18-/m1/s1. The number of aryl methyl sites for hydroxylation is 1. The molecule has 1 amide bonds. The van der Waals surface area contributed by atoms with Crippen molar-refractivity contribution < 1.29 is 24.0 Å². The Kier molecular flexibility index (Phi) is 3.52. The van der Waals surface area contributed by atoms with Gasteiger partial charge in [0.2, 0.25) is 5.91 Å². The maximum absolute atomic E-state index is 12.6. The zero-order chi connectivity index (χ0) is 17.6. The Morgan fingerprint density at radius 1 is 1.40 bits per heavy atom. The van der Waals surface area contributed by atoms with Crippen LogP contribution in [0.3, 0.4) is 0 Å². The van der Waals surface area contributed by atoms with Crippen molar-refractivity contribution >= 4 is 11.9 Å². The predicted octanol–water partition coefficient (Wildman–Crippen LogP) is 1.61. The zero-order valence-electron chi connectivity index (χ0n) is 13.8. The lowest BCUT2D eigenvalue weighted by molar-refractivity contribution is -0.152. The number of para-hydroxylation sites is 1. The molecule has 2 aliphatic rings. The Hall–Kier alpha value is -2.83. The number of carboxylic acids is 1. The first-order chi connectivity index (χ1) is 12.0. The summed E-state index contributed by atoms with van der Waals surface area (Å²) in [5.41, 5.74) is 0.450. The fraction of sp³-hybridized carbons (Fsp3) is 0.389. The van der Waals surface area contributed by atoms with Crippen LogP contribution in [0.2, 0.25) is 0 Å². The van der Waals surface area contributed by atoms with Crippen molar-refractivity contribution in [2.45, 2.75) is 19.3 Å². The molecule has 0 bridgehead atoms. The fourth-order valence-electron chi connectivity index (χ4n) is 3.79. The maximum Gasteiger partial charge on any atom is 0.315 e. The third-order valence-corrected chi connectivity index (χ3v) is 5.10. The monoisotopic (exact) mass is 342 g/mol. The molecule has 130 valence electrons. The van der Waals surface area contributed by atoms with Gasteiger partial charge in [-0.3, -0.25) is 9.59 Å². The van der Waals surface area contributed by atoms with Crippen molar-refractivity contribution in [2.75, 3.05) is 19.7 Å². The van der Waals surface area contributed by atoms with Gasteiger partial charge in [0.15, 0.2) is 0 Å². The number of carboxylic acid groups (broad SMARTS) is 1. The summed E-state index contributed by atoms with van der Waals surface area (Å²) in [5.74, 6) is -0.195. The first kappa shape index (κ1) is 15.7. The molecule has 7 nitrogen and oxygen atoms in total. The number of hydrogen-bond donors (Lipinski definition) is 1. The van der Waals surface area contributed by atoms with Gasteiger partial charge in [-0.2, -0.15) is 0 Å². The summed E-state index contributed by atoms with van der Waals surface area (Å²) < 4.78 is 10.8. The largest absolute Gasteiger partial charge is 0.492 e. The molecule has 1 N–H and O–H groups in total. The molecule has 1 saturated heterocycles. The molecule has 3 heterocycles. The van der Waals surface area contributed by atoms with Crippen LogP contribution < -0.4 is 4.74 Å². The minimum atomic E-state index is -1.11. The summed E-state index contributed by atoms with van der Waals surface area (Å²) in [6.45, 7) is 2.34. The number of likely N-dealkylation sites (tertiary alicyclic amines) is 1. The van der Waals surface area contributed by atoms with Gasteiger partial charge < -0.3 is 19.3 Å². The van der Waals surface area contributed by atoms with Crippen LogP contribution >= 0.6 is 0 Å². The van der Waals surface area contributed by atoms with E-state index in [0.29, 0.717) is 23.7 Å². The highest BCUT2D eigenvalue weighted by molar-refractivity contribution is 5.83. The number of aliphatic carboxylic acids is 1. The summed E-state index contributed by atoms with van der Waals surface area (Å²) in [6, 6.07) is 9.15. The molecular formula is C18H18N2O5. The summed E-state index contributed by atoms with van der Waals surface area (Å²) in [5, 5.41) is 13.7. The smallest absolute Gasteiger partial charge is 0.315 e. The highest BCUT2D eigenvalue weighted by Gasteiger charge is 2.57. The van der Waals surface area contributed by atoms with Crippen LogP contribution in [0.4, 0.5) is 0 Å². The summed E-state index contributed by atoms with van der Waals surface area (Å²) in [4.78, 5) is 26.3. The number of hydrogen-bond acceptors (Lipinski definition) is 5. The van der Waals surface area contributed by atoms with Crippen LogP contribution in [-0.4, -0.2) is 46.7 Å². The van der Waals surface area contributed by atoms with Gasteiger partial charge in [0.05, 0.1) is 12.1 Å². The van der Waals surface area contributed by atoms with E-state index in [2.05, 4.69) is 5.16 Å². The molecule has 0 unspecified atom stereocenters. The minimum Gasteiger partial charge on any atom is -0.492 e. The molecule has 2 aliphatic heterocycles. The number of nitrogens with zero attached hydrogens (tertiary/aromatic N) is 2. The first-order valence-electron chi connectivity index (χ1n) is 8.15. The molecule has 2 aromatic rings. The molecular weight excluding hydrogens is 324 g/mol. The van der Waals surface area contributed by atoms with E-state index < -0.39 is 11.4 Å². The molecule has 1 fully saturated rings. The normalized spacial score (nSPS) is 24.4. The van der Waals surface area contributed by atoms with E-state index in [1.54, 1.807) is 17.9 Å². The Labute approximate surface area is 144 Å². The lowest BCUT2D eigenvalue weighted by Gasteiger charge is -2.35. The van der Waals surface area contributed by atoms with E-state index in [4.69, 9.17) is 9.26 Å². The lowest BCUT2D eigenvalue weighted by atomic mass is 9.73. The second-order valence-corrected chi connectivity index (χ2v) is 6.73. The minimum absolute atomic E-state index is 0.0647. The number of carbonyl (C=O) groups is 2. The Balaban J connectivity index is 1.62. The van der Waals surface area contributed by atoms with E-state index >= 15 is 0 Å². The number of benzene rings is 1. The molecule has 7 heteroatoms. The van der Waals surface area contributed by atoms with Crippen molar-refractivity contribution in [1.82, 2.24) is 10.1 Å². The van der Waals surface area contributed by atoms with Gasteiger partial charge in [-0.1, -0.05) is 23.4 Å². The van der Waals surface area contributed by atoms with Gasteiger partial charge in [0.25, 0.3) is 0 Å². The first-order valence-corrected chi connectivity index (χ1v) is 8.15. The zero-order valence-corrected chi connectivity index (χ0v) is 13.8. The summed E-state index contributed by atoms with van der Waals surface area (Å²) in [6.07, 6.45) is 0.0752. The fourth-order valence-corrected chi connectivity index (χ4v) is 3.79. The third-order valence-electron chi connectivity index (χ3n) is 5.10. The van der Waals surface area contributed by atoms with Gasteiger partial charge >= 0.3 is 5.97 Å². The average molecular weight is 342 g/mol. The van der Waals surface area contributed by atoms with E-state index in [9.17, 15) is 14.7 Å². The number of amides is 1. The molecule has 2 atom stereocenters. The average Bonchev–Trinajstić information content (AvgIpc) is 3.19. The number of aromatic nitrogens is 1. The van der Waals surface area contributed by atoms with Gasteiger partial charge in [-0.15, -0.1) is 0 Å². The van der Waals surface area contributed by atoms with E-state index in [1.807, 2.05) is 24.3 Å². The molecule has 0 aliphatic carbocycles. The van der Waals surface area contributed by atoms with Crippen molar-refractivity contribution in [3.05, 3.63) is 47.3 Å². The van der Waals surface area contributed by atoms with Crippen molar-refractivity contribution in [1.29, 1.82) is 0 Å². The number of rotatable bonds is 3. The predicted molar refractivity (Wildman–Crippen MR) is 86.3 cm³/mol. The Morgan fingerprint density at radius 3 is 2.92 bits per heavy atom. The van der Waals surface area contributed by atoms with Gasteiger partial charge in [-0.25, -0.2) is 0 Å². The molecule has 0 radical (unpaired) electrons. The van der Waals surface area contributed by atoms with Gasteiger partial charge in [0, 0.05) is 30.6 Å². The molecule has 1 aromatic carbocycles. The number of ether oxygens (including phenoxy) is 1. The molecule has 1 aromatic heterocycles. The third kappa shape index (κ3) is 2.47. The van der Waals surface area contributed by atoms with Gasteiger partial charge in [-0.05, 0) is 13.0 Å². The molecule has 0 saturated carbocycles. The molecule has 4 rings (SSSR count). The maximum atomic E-state index is 12.6. The van der Waals surface area contributed by atoms with Crippen LogP contribution in [0.15, 0.2) is 34.9 Å².